The van der Waals surface area contributed by atoms with Gasteiger partial charge in [0.2, 0.25) is 11.7 Å². The summed E-state index contributed by atoms with van der Waals surface area (Å²) < 4.78 is 10.4. The first-order valence-corrected chi connectivity index (χ1v) is 6.19. The monoisotopic (exact) mass is 262 g/mol. The summed E-state index contributed by atoms with van der Waals surface area (Å²) in [4.78, 5) is 4.32. The fourth-order valence-corrected chi connectivity index (χ4v) is 1.76. The molecular formula is C14H18N2O3. The molecule has 0 saturated heterocycles. The molecule has 1 heterocycles. The fraction of sp³-hybridized carbons (Fsp3) is 0.429. The van der Waals surface area contributed by atoms with Crippen molar-refractivity contribution < 1.29 is 14.4 Å². The van der Waals surface area contributed by atoms with Crippen LogP contribution in [0.2, 0.25) is 0 Å². The normalized spacial score (nSPS) is 14.2. The molecule has 2 rings (SSSR count). The van der Waals surface area contributed by atoms with Crippen molar-refractivity contribution in [3.05, 3.63) is 29.7 Å². The van der Waals surface area contributed by atoms with Gasteiger partial charge in [0.15, 0.2) is 0 Å². The molecule has 2 atom stereocenters. The van der Waals surface area contributed by atoms with Crippen LogP contribution in [0.25, 0.3) is 11.4 Å². The van der Waals surface area contributed by atoms with Crippen molar-refractivity contribution in [1.82, 2.24) is 10.1 Å². The number of benzene rings is 1. The topological polar surface area (TPSA) is 68.4 Å². The van der Waals surface area contributed by atoms with Gasteiger partial charge in [-0.05, 0) is 37.6 Å². The van der Waals surface area contributed by atoms with Crippen molar-refractivity contribution in [3.8, 4) is 17.1 Å². The maximum atomic E-state index is 9.52. The molecule has 2 unspecified atom stereocenters. The number of aryl methyl sites for hydroxylation is 1. The van der Waals surface area contributed by atoms with E-state index in [1.807, 2.05) is 32.0 Å². The third-order valence-corrected chi connectivity index (χ3v) is 3.21. The zero-order valence-corrected chi connectivity index (χ0v) is 11.5. The molecule has 0 aliphatic rings. The number of aliphatic hydroxyl groups is 1. The molecule has 1 N–H and O–H groups in total. The Kier molecular flexibility index (Phi) is 3.85. The first-order chi connectivity index (χ1) is 9.02. The number of aliphatic hydroxyl groups excluding tert-OH is 1. The Balaban J connectivity index is 2.30. The largest absolute Gasteiger partial charge is 0.496 e. The van der Waals surface area contributed by atoms with Crippen LogP contribution in [0.1, 0.15) is 31.2 Å². The average Bonchev–Trinajstić information content (AvgIpc) is 2.87. The summed E-state index contributed by atoms with van der Waals surface area (Å²) in [5, 5.41) is 13.5. The number of nitrogens with zero attached hydrogens (tertiary/aromatic N) is 2. The van der Waals surface area contributed by atoms with E-state index in [9.17, 15) is 5.11 Å². The average molecular weight is 262 g/mol. The minimum atomic E-state index is -0.522. The molecule has 0 aliphatic carbocycles. The van der Waals surface area contributed by atoms with Crippen molar-refractivity contribution in [2.45, 2.75) is 32.8 Å². The van der Waals surface area contributed by atoms with Crippen LogP contribution in [0.3, 0.4) is 0 Å². The molecule has 0 amide bonds. The molecule has 19 heavy (non-hydrogen) atoms. The van der Waals surface area contributed by atoms with E-state index in [0.717, 1.165) is 16.9 Å². The number of hydrogen-bond donors (Lipinski definition) is 1. The highest BCUT2D eigenvalue weighted by Crippen LogP contribution is 2.26. The van der Waals surface area contributed by atoms with Crippen molar-refractivity contribution in [2.75, 3.05) is 7.11 Å². The van der Waals surface area contributed by atoms with E-state index in [1.54, 1.807) is 14.0 Å². The van der Waals surface area contributed by atoms with Crippen LogP contribution in [0.4, 0.5) is 0 Å². The Morgan fingerprint density at radius 2 is 2.05 bits per heavy atom. The third-order valence-electron chi connectivity index (χ3n) is 3.21. The lowest BCUT2D eigenvalue weighted by Crippen LogP contribution is -2.11. The summed E-state index contributed by atoms with van der Waals surface area (Å²) in [5.41, 5.74) is 1.88. The van der Waals surface area contributed by atoms with Crippen molar-refractivity contribution in [2.24, 2.45) is 0 Å². The van der Waals surface area contributed by atoms with Gasteiger partial charge in [-0.25, -0.2) is 0 Å². The Hall–Kier alpha value is -1.88. The first kappa shape index (κ1) is 13.5. The summed E-state index contributed by atoms with van der Waals surface area (Å²) in [6.07, 6.45) is -0.522. The lowest BCUT2D eigenvalue weighted by molar-refractivity contribution is 0.151. The van der Waals surface area contributed by atoms with Gasteiger partial charge in [-0.3, -0.25) is 0 Å². The highest BCUT2D eigenvalue weighted by Gasteiger charge is 2.19. The van der Waals surface area contributed by atoms with Gasteiger partial charge in [0.1, 0.15) is 5.75 Å². The predicted octanol–water partition coefficient (Wildman–Crippen LogP) is 2.54. The minimum absolute atomic E-state index is 0.180. The molecule has 0 spiro atoms. The van der Waals surface area contributed by atoms with Crippen LogP contribution < -0.4 is 4.74 Å². The SMILES string of the molecule is COc1ccc(-c2noc(C(C)C(C)O)n2)cc1C. The summed E-state index contributed by atoms with van der Waals surface area (Å²) >= 11 is 0. The minimum Gasteiger partial charge on any atom is -0.496 e. The van der Waals surface area contributed by atoms with E-state index in [2.05, 4.69) is 10.1 Å². The van der Waals surface area contributed by atoms with Gasteiger partial charge in [-0.2, -0.15) is 4.98 Å². The molecule has 0 saturated carbocycles. The molecule has 0 aliphatic heterocycles. The number of methoxy groups -OCH3 is 1. The van der Waals surface area contributed by atoms with Crippen molar-refractivity contribution >= 4 is 0 Å². The van der Waals surface area contributed by atoms with Gasteiger partial charge in [0.25, 0.3) is 0 Å². The summed E-state index contributed by atoms with van der Waals surface area (Å²) in [6, 6.07) is 5.70. The second kappa shape index (κ2) is 5.40. The van der Waals surface area contributed by atoms with Crippen molar-refractivity contribution in [3.63, 3.8) is 0 Å². The van der Waals surface area contributed by atoms with Crippen LogP contribution in [0.15, 0.2) is 22.7 Å². The number of ether oxygens (including phenoxy) is 1. The zero-order chi connectivity index (χ0) is 14.0. The lowest BCUT2D eigenvalue weighted by Gasteiger charge is -2.08. The Bertz CT molecular complexity index is 564. The highest BCUT2D eigenvalue weighted by molar-refractivity contribution is 5.58. The van der Waals surface area contributed by atoms with Crippen LogP contribution in [0.5, 0.6) is 5.75 Å². The maximum absolute atomic E-state index is 9.52. The number of aromatic nitrogens is 2. The fourth-order valence-electron chi connectivity index (χ4n) is 1.76. The molecule has 1 aromatic heterocycles. The second-order valence-corrected chi connectivity index (χ2v) is 4.67. The van der Waals surface area contributed by atoms with Gasteiger partial charge in [0.05, 0.1) is 19.1 Å². The van der Waals surface area contributed by atoms with Gasteiger partial charge in [-0.1, -0.05) is 12.1 Å². The summed E-state index contributed by atoms with van der Waals surface area (Å²) in [5.74, 6) is 1.61. The van der Waals surface area contributed by atoms with E-state index in [1.165, 1.54) is 0 Å². The van der Waals surface area contributed by atoms with Gasteiger partial charge >= 0.3 is 0 Å². The molecule has 102 valence electrons. The van der Waals surface area contributed by atoms with Gasteiger partial charge in [0, 0.05) is 5.56 Å². The molecule has 0 fully saturated rings. The van der Waals surface area contributed by atoms with E-state index in [-0.39, 0.29) is 5.92 Å². The molecule has 1 aromatic carbocycles. The molecule has 5 nitrogen and oxygen atoms in total. The molecule has 0 bridgehead atoms. The molecule has 0 radical (unpaired) electrons. The van der Waals surface area contributed by atoms with Gasteiger partial charge in [-0.15, -0.1) is 0 Å². The standard InChI is InChI=1S/C14H18N2O3/c1-8-7-11(5-6-12(8)18-4)13-15-14(19-16-13)9(2)10(3)17/h5-7,9-10,17H,1-4H3. The second-order valence-electron chi connectivity index (χ2n) is 4.67. The van der Waals surface area contributed by atoms with Gasteiger partial charge < -0.3 is 14.4 Å². The quantitative estimate of drug-likeness (QED) is 0.917. The van der Waals surface area contributed by atoms with E-state index < -0.39 is 6.10 Å². The van der Waals surface area contributed by atoms with Crippen molar-refractivity contribution in [1.29, 1.82) is 0 Å². The maximum Gasteiger partial charge on any atom is 0.232 e. The van der Waals surface area contributed by atoms with Crippen LogP contribution in [-0.4, -0.2) is 28.5 Å². The lowest BCUT2D eigenvalue weighted by atomic mass is 10.1. The van der Waals surface area contributed by atoms with E-state index >= 15 is 0 Å². The smallest absolute Gasteiger partial charge is 0.232 e. The first-order valence-electron chi connectivity index (χ1n) is 6.19. The van der Waals surface area contributed by atoms with E-state index in [4.69, 9.17) is 9.26 Å². The molecule has 5 heteroatoms. The highest BCUT2D eigenvalue weighted by atomic mass is 16.5. The zero-order valence-electron chi connectivity index (χ0n) is 11.5. The molecular weight excluding hydrogens is 244 g/mol. The third kappa shape index (κ3) is 2.76. The Morgan fingerprint density at radius 1 is 1.32 bits per heavy atom. The summed E-state index contributed by atoms with van der Waals surface area (Å²) in [6.45, 7) is 5.51. The van der Waals surface area contributed by atoms with Crippen LogP contribution in [-0.2, 0) is 0 Å². The summed E-state index contributed by atoms with van der Waals surface area (Å²) in [7, 11) is 1.64. The number of hydrogen-bond acceptors (Lipinski definition) is 5. The molecule has 2 aromatic rings. The Labute approximate surface area is 112 Å². The van der Waals surface area contributed by atoms with Crippen LogP contribution >= 0.6 is 0 Å². The van der Waals surface area contributed by atoms with E-state index in [0.29, 0.717) is 11.7 Å². The predicted molar refractivity (Wildman–Crippen MR) is 71.1 cm³/mol. The van der Waals surface area contributed by atoms with Crippen LogP contribution in [0, 0.1) is 6.92 Å². The number of rotatable bonds is 4. The Morgan fingerprint density at radius 3 is 2.63 bits per heavy atom.